The van der Waals surface area contributed by atoms with E-state index < -0.39 is 6.03 Å². The van der Waals surface area contributed by atoms with Crippen LogP contribution in [-0.2, 0) is 0 Å². The maximum Gasteiger partial charge on any atom is 0.345 e. The molecule has 2 amide bonds. The maximum absolute atomic E-state index is 12.9. The molecule has 25 heavy (non-hydrogen) atoms. The molecule has 0 atom stereocenters. The predicted molar refractivity (Wildman–Crippen MR) is 96.5 cm³/mol. The fourth-order valence-electron chi connectivity index (χ4n) is 2.59. The van der Waals surface area contributed by atoms with Crippen molar-refractivity contribution in [1.82, 2.24) is 10.0 Å². The Hall–Kier alpha value is -2.83. The van der Waals surface area contributed by atoms with Crippen molar-refractivity contribution in [2.24, 2.45) is 0 Å². The Morgan fingerprint density at radius 1 is 1.20 bits per heavy atom. The number of hydrogen-bond donors (Lipinski definition) is 3. The minimum absolute atomic E-state index is 0.220. The van der Waals surface area contributed by atoms with Crippen molar-refractivity contribution in [3.63, 3.8) is 0 Å². The Bertz CT molecular complexity index is 979. The van der Waals surface area contributed by atoms with Gasteiger partial charge >= 0.3 is 6.03 Å². The molecule has 6 nitrogen and oxygen atoms in total. The summed E-state index contributed by atoms with van der Waals surface area (Å²) in [5, 5.41) is 13.4. The van der Waals surface area contributed by atoms with E-state index in [0.29, 0.717) is 32.2 Å². The lowest BCUT2D eigenvalue weighted by atomic mass is 10.0. The molecule has 7 heteroatoms. The smallest absolute Gasteiger partial charge is 0.345 e. The molecule has 128 valence electrons. The summed E-state index contributed by atoms with van der Waals surface area (Å²) in [7, 11) is 1.20. The molecule has 0 fully saturated rings. The number of urea groups is 1. The van der Waals surface area contributed by atoms with Crippen molar-refractivity contribution in [3.05, 3.63) is 64.3 Å². The van der Waals surface area contributed by atoms with Crippen LogP contribution >= 0.6 is 11.6 Å². The van der Waals surface area contributed by atoms with Gasteiger partial charge in [-0.2, -0.15) is 0 Å². The molecule has 2 aromatic carbocycles. The number of ketones is 1. The molecule has 1 aromatic heterocycles. The summed E-state index contributed by atoms with van der Waals surface area (Å²) in [5.41, 5.74) is 2.57. The zero-order valence-corrected chi connectivity index (χ0v) is 14.4. The van der Waals surface area contributed by atoms with E-state index in [9.17, 15) is 14.8 Å². The summed E-state index contributed by atoms with van der Waals surface area (Å²) >= 11 is 6.01. The number of H-pyrrole nitrogens is 1. The first-order valence-electron chi connectivity index (χ1n) is 7.53. The molecule has 0 saturated heterocycles. The summed E-state index contributed by atoms with van der Waals surface area (Å²) in [6, 6.07) is 11.4. The Balaban J connectivity index is 2.15. The third kappa shape index (κ3) is 3.35. The van der Waals surface area contributed by atoms with Gasteiger partial charge in [0.25, 0.3) is 0 Å². The molecule has 1 heterocycles. The lowest BCUT2D eigenvalue weighted by Gasteiger charge is -2.11. The Morgan fingerprint density at radius 3 is 2.64 bits per heavy atom. The van der Waals surface area contributed by atoms with Gasteiger partial charge in [-0.3, -0.25) is 10.0 Å². The first-order chi connectivity index (χ1) is 11.9. The van der Waals surface area contributed by atoms with Crippen LogP contribution < -0.4 is 5.32 Å². The SMILES string of the molecule is Cc1cccc(C(=O)c2[nH]c3cc(Cl)ccc3c2NC(=O)N(C)O)c1. The number of aromatic amines is 1. The summed E-state index contributed by atoms with van der Waals surface area (Å²) in [4.78, 5) is 27.9. The number of carbonyl (C=O) groups is 2. The van der Waals surface area contributed by atoms with E-state index in [1.54, 1.807) is 36.4 Å². The molecule has 3 N–H and O–H groups in total. The van der Waals surface area contributed by atoms with Crippen molar-refractivity contribution in [3.8, 4) is 0 Å². The molecule has 0 spiro atoms. The number of rotatable bonds is 3. The van der Waals surface area contributed by atoms with E-state index in [-0.39, 0.29) is 11.5 Å². The van der Waals surface area contributed by atoms with Crippen LogP contribution in [0.1, 0.15) is 21.6 Å². The number of benzene rings is 2. The van der Waals surface area contributed by atoms with Crippen molar-refractivity contribution in [1.29, 1.82) is 0 Å². The number of hydrogen-bond acceptors (Lipinski definition) is 3. The first kappa shape index (κ1) is 17.0. The van der Waals surface area contributed by atoms with Gasteiger partial charge in [-0.1, -0.05) is 35.4 Å². The second-order valence-electron chi connectivity index (χ2n) is 5.72. The van der Waals surface area contributed by atoms with Gasteiger partial charge in [0, 0.05) is 28.5 Å². The third-order valence-electron chi connectivity index (χ3n) is 3.79. The number of halogens is 1. The number of fused-ring (bicyclic) bond motifs is 1. The van der Waals surface area contributed by atoms with E-state index in [0.717, 1.165) is 5.56 Å². The zero-order chi connectivity index (χ0) is 18.1. The molecule has 0 aliphatic rings. The van der Waals surface area contributed by atoms with Crippen LogP contribution in [0, 0.1) is 6.92 Å². The molecule has 0 unspecified atom stereocenters. The van der Waals surface area contributed by atoms with Crippen molar-refractivity contribution < 1.29 is 14.8 Å². The van der Waals surface area contributed by atoms with Gasteiger partial charge in [0.15, 0.2) is 0 Å². The van der Waals surface area contributed by atoms with Gasteiger partial charge < -0.3 is 10.3 Å². The quantitative estimate of drug-likeness (QED) is 0.373. The van der Waals surface area contributed by atoms with Crippen molar-refractivity contribution >= 4 is 40.0 Å². The minimum Gasteiger partial charge on any atom is -0.350 e. The number of amides is 2. The standard InChI is InChI=1S/C18H16ClN3O3/c1-10-4-3-5-11(8-10)17(23)16-15(21-18(24)22(2)25)13-7-6-12(19)9-14(13)20-16/h3-9,20,25H,1-2H3,(H,21,24). The number of hydroxylamine groups is 2. The van der Waals surface area contributed by atoms with Crippen molar-refractivity contribution in [2.75, 3.05) is 12.4 Å². The normalized spacial score (nSPS) is 10.7. The molecular weight excluding hydrogens is 342 g/mol. The molecule has 0 aliphatic carbocycles. The Labute approximate surface area is 149 Å². The number of aryl methyl sites for hydroxylation is 1. The van der Waals surface area contributed by atoms with E-state index in [1.165, 1.54) is 7.05 Å². The Kier molecular flexibility index (Phi) is 4.48. The lowest BCUT2D eigenvalue weighted by molar-refractivity contribution is -0.0118. The number of nitrogens with zero attached hydrogens (tertiary/aromatic N) is 1. The zero-order valence-electron chi connectivity index (χ0n) is 13.6. The number of aromatic nitrogens is 1. The third-order valence-corrected chi connectivity index (χ3v) is 4.03. The first-order valence-corrected chi connectivity index (χ1v) is 7.91. The molecule has 0 aliphatic heterocycles. The van der Waals surface area contributed by atoms with E-state index >= 15 is 0 Å². The molecule has 0 radical (unpaired) electrons. The maximum atomic E-state index is 12.9. The molecule has 3 rings (SSSR count). The van der Waals surface area contributed by atoms with Crippen LogP contribution in [0.3, 0.4) is 0 Å². The van der Waals surface area contributed by atoms with Crippen LogP contribution in [0.25, 0.3) is 10.9 Å². The molecule has 0 saturated carbocycles. The summed E-state index contributed by atoms with van der Waals surface area (Å²) in [6.07, 6.45) is 0. The van der Waals surface area contributed by atoms with E-state index in [1.807, 2.05) is 13.0 Å². The average Bonchev–Trinajstić information content (AvgIpc) is 2.91. The summed E-state index contributed by atoms with van der Waals surface area (Å²) in [5.74, 6) is -0.271. The summed E-state index contributed by atoms with van der Waals surface area (Å²) in [6.45, 7) is 1.89. The fourth-order valence-corrected chi connectivity index (χ4v) is 2.76. The molecule has 0 bridgehead atoms. The topological polar surface area (TPSA) is 85.4 Å². The highest BCUT2D eigenvalue weighted by Gasteiger charge is 2.22. The van der Waals surface area contributed by atoms with Crippen LogP contribution in [0.15, 0.2) is 42.5 Å². The molecule has 3 aromatic rings. The van der Waals surface area contributed by atoms with Crippen LogP contribution in [0.5, 0.6) is 0 Å². The van der Waals surface area contributed by atoms with E-state index in [2.05, 4.69) is 10.3 Å². The minimum atomic E-state index is -0.755. The second-order valence-corrected chi connectivity index (χ2v) is 6.15. The monoisotopic (exact) mass is 357 g/mol. The van der Waals surface area contributed by atoms with Gasteiger partial charge in [0.1, 0.15) is 5.69 Å². The number of anilines is 1. The average molecular weight is 358 g/mol. The van der Waals surface area contributed by atoms with Gasteiger partial charge in [-0.05, 0) is 31.2 Å². The van der Waals surface area contributed by atoms with Crippen LogP contribution in [0.4, 0.5) is 10.5 Å². The fraction of sp³-hybridized carbons (Fsp3) is 0.111. The van der Waals surface area contributed by atoms with Crippen LogP contribution in [0.2, 0.25) is 5.02 Å². The second kappa shape index (κ2) is 6.58. The lowest BCUT2D eigenvalue weighted by Crippen LogP contribution is -2.28. The van der Waals surface area contributed by atoms with Gasteiger partial charge in [0.2, 0.25) is 5.78 Å². The van der Waals surface area contributed by atoms with Gasteiger partial charge in [-0.25, -0.2) is 9.86 Å². The molecular formula is C18H16ClN3O3. The van der Waals surface area contributed by atoms with Gasteiger partial charge in [0.05, 0.1) is 5.69 Å². The van der Waals surface area contributed by atoms with E-state index in [4.69, 9.17) is 11.6 Å². The van der Waals surface area contributed by atoms with Crippen molar-refractivity contribution in [2.45, 2.75) is 6.92 Å². The highest BCUT2D eigenvalue weighted by Crippen LogP contribution is 2.31. The highest BCUT2D eigenvalue weighted by atomic mass is 35.5. The number of nitrogens with one attached hydrogen (secondary N) is 2. The largest absolute Gasteiger partial charge is 0.350 e. The number of carbonyl (C=O) groups excluding carboxylic acids is 2. The van der Waals surface area contributed by atoms with Crippen LogP contribution in [-0.4, -0.2) is 34.1 Å². The highest BCUT2D eigenvalue weighted by molar-refractivity contribution is 6.31. The van der Waals surface area contributed by atoms with Gasteiger partial charge in [-0.15, -0.1) is 0 Å². The summed E-state index contributed by atoms with van der Waals surface area (Å²) < 4.78 is 0. The Morgan fingerprint density at radius 2 is 1.96 bits per heavy atom. The predicted octanol–water partition coefficient (Wildman–Crippen LogP) is 4.21.